The average molecular weight is 322 g/mol. The normalized spacial score (nSPS) is 11.9. The summed E-state index contributed by atoms with van der Waals surface area (Å²) in [5, 5.41) is 13.6. The van der Waals surface area contributed by atoms with Crippen LogP contribution in [0.15, 0.2) is 24.3 Å². The molecule has 7 nitrogen and oxygen atoms in total. The summed E-state index contributed by atoms with van der Waals surface area (Å²) < 4.78 is 0. The fraction of sp³-hybridized carbons (Fsp3) is 0.500. The second-order valence-electron chi connectivity index (χ2n) is 5.65. The van der Waals surface area contributed by atoms with Crippen molar-refractivity contribution >= 4 is 17.5 Å². The molecule has 0 saturated heterocycles. The van der Waals surface area contributed by atoms with Crippen LogP contribution in [0, 0.1) is 0 Å². The van der Waals surface area contributed by atoms with Crippen molar-refractivity contribution in [2.45, 2.75) is 6.04 Å². The maximum atomic E-state index is 11.7. The molecule has 1 unspecified atom stereocenters. The molecular formula is C16H26N4O3. The van der Waals surface area contributed by atoms with E-state index < -0.39 is 11.8 Å². The van der Waals surface area contributed by atoms with Crippen LogP contribution < -0.4 is 15.5 Å². The first-order chi connectivity index (χ1) is 10.9. The summed E-state index contributed by atoms with van der Waals surface area (Å²) in [5.41, 5.74) is 2.15. The molecule has 1 aromatic carbocycles. The maximum absolute atomic E-state index is 11.7. The number of hydrogen-bond acceptors (Lipinski definition) is 5. The highest BCUT2D eigenvalue weighted by atomic mass is 16.3. The Bertz CT molecular complexity index is 515. The van der Waals surface area contributed by atoms with Gasteiger partial charge in [-0.25, -0.2) is 0 Å². The first kappa shape index (κ1) is 18.9. The molecule has 0 fully saturated rings. The van der Waals surface area contributed by atoms with Crippen LogP contribution in [0.2, 0.25) is 0 Å². The molecule has 0 aliphatic carbocycles. The quantitative estimate of drug-likeness (QED) is 0.594. The van der Waals surface area contributed by atoms with E-state index in [1.807, 2.05) is 62.3 Å². The van der Waals surface area contributed by atoms with E-state index in [1.54, 1.807) is 0 Å². The van der Waals surface area contributed by atoms with Gasteiger partial charge in [-0.2, -0.15) is 0 Å². The minimum Gasteiger partial charge on any atom is -0.395 e. The largest absolute Gasteiger partial charge is 0.395 e. The molecule has 2 amide bonds. The molecular weight excluding hydrogens is 296 g/mol. The number of carbonyl (C=O) groups excluding carboxylic acids is 2. The molecule has 3 N–H and O–H groups in total. The minimum atomic E-state index is -0.737. The molecule has 1 atom stereocenters. The first-order valence-corrected chi connectivity index (χ1v) is 7.47. The lowest BCUT2D eigenvalue weighted by atomic mass is 10.1. The fourth-order valence-electron chi connectivity index (χ4n) is 2.11. The van der Waals surface area contributed by atoms with Crippen LogP contribution in [-0.4, -0.2) is 69.7 Å². The predicted octanol–water partition coefficient (Wildman–Crippen LogP) is -0.420. The van der Waals surface area contributed by atoms with E-state index in [-0.39, 0.29) is 19.2 Å². The van der Waals surface area contributed by atoms with Crippen molar-refractivity contribution in [2.24, 2.45) is 0 Å². The number of aliphatic hydroxyl groups is 1. The molecule has 0 aromatic heterocycles. The lowest BCUT2D eigenvalue weighted by Gasteiger charge is -2.25. The molecule has 0 radical (unpaired) electrons. The van der Waals surface area contributed by atoms with Crippen LogP contribution in [0.25, 0.3) is 0 Å². The van der Waals surface area contributed by atoms with Crippen molar-refractivity contribution in [1.29, 1.82) is 0 Å². The fourth-order valence-corrected chi connectivity index (χ4v) is 2.11. The zero-order chi connectivity index (χ0) is 17.4. The van der Waals surface area contributed by atoms with Gasteiger partial charge < -0.3 is 25.5 Å². The van der Waals surface area contributed by atoms with Gasteiger partial charge in [0.05, 0.1) is 12.6 Å². The van der Waals surface area contributed by atoms with E-state index in [1.165, 1.54) is 0 Å². The van der Waals surface area contributed by atoms with E-state index in [4.69, 9.17) is 5.11 Å². The van der Waals surface area contributed by atoms with Crippen molar-refractivity contribution in [3.05, 3.63) is 29.8 Å². The van der Waals surface area contributed by atoms with Crippen LogP contribution in [0.5, 0.6) is 0 Å². The van der Waals surface area contributed by atoms with Crippen LogP contribution in [-0.2, 0) is 9.59 Å². The topological polar surface area (TPSA) is 84.9 Å². The minimum absolute atomic E-state index is 0.0409. The zero-order valence-electron chi connectivity index (χ0n) is 14.2. The highest BCUT2D eigenvalue weighted by Gasteiger charge is 2.18. The van der Waals surface area contributed by atoms with Crippen molar-refractivity contribution in [3.8, 4) is 0 Å². The van der Waals surface area contributed by atoms with Gasteiger partial charge >= 0.3 is 11.8 Å². The van der Waals surface area contributed by atoms with Gasteiger partial charge in [-0.3, -0.25) is 9.59 Å². The number of aliphatic hydroxyl groups excluding tert-OH is 1. The number of carbonyl (C=O) groups is 2. The summed E-state index contributed by atoms with van der Waals surface area (Å²) in [4.78, 5) is 27.2. The third-order valence-electron chi connectivity index (χ3n) is 3.48. The Balaban J connectivity index is 2.68. The lowest BCUT2D eigenvalue weighted by molar-refractivity contribution is -0.139. The molecule has 0 aliphatic rings. The van der Waals surface area contributed by atoms with Crippen LogP contribution in [0.1, 0.15) is 11.6 Å². The highest BCUT2D eigenvalue weighted by molar-refractivity contribution is 6.35. The summed E-state index contributed by atoms with van der Waals surface area (Å²) in [6, 6.07) is 8.01. The summed E-state index contributed by atoms with van der Waals surface area (Å²) in [6.07, 6.45) is 0. The molecule has 23 heavy (non-hydrogen) atoms. The van der Waals surface area contributed by atoms with Gasteiger partial charge in [0.15, 0.2) is 0 Å². The Morgan fingerprint density at radius 1 is 1.04 bits per heavy atom. The molecule has 0 bridgehead atoms. The molecule has 1 rings (SSSR count). The third kappa shape index (κ3) is 5.88. The van der Waals surface area contributed by atoms with Gasteiger partial charge in [0.25, 0.3) is 0 Å². The number of rotatable bonds is 7. The van der Waals surface area contributed by atoms with Gasteiger partial charge in [0, 0.05) is 32.9 Å². The highest BCUT2D eigenvalue weighted by Crippen LogP contribution is 2.20. The molecule has 1 aromatic rings. The third-order valence-corrected chi connectivity index (χ3v) is 3.48. The summed E-state index contributed by atoms with van der Waals surface area (Å²) in [6.45, 7) is 0.187. The smallest absolute Gasteiger partial charge is 0.309 e. The van der Waals surface area contributed by atoms with Gasteiger partial charge in [-0.15, -0.1) is 0 Å². The van der Waals surface area contributed by atoms with E-state index >= 15 is 0 Å². The van der Waals surface area contributed by atoms with E-state index in [0.717, 1.165) is 11.3 Å². The van der Waals surface area contributed by atoms with E-state index in [9.17, 15) is 9.59 Å². The lowest BCUT2D eigenvalue weighted by Crippen LogP contribution is -2.43. The predicted molar refractivity (Wildman–Crippen MR) is 90.3 cm³/mol. The Labute approximate surface area is 137 Å². The van der Waals surface area contributed by atoms with Crippen LogP contribution >= 0.6 is 0 Å². The standard InChI is InChI=1S/C16H26N4O3/c1-19(2)13-7-5-12(6-8-13)14(20(3)4)11-18-16(23)15(22)17-9-10-21/h5-8,14,21H,9-11H2,1-4H3,(H,17,22)(H,18,23). The zero-order valence-corrected chi connectivity index (χ0v) is 14.2. The van der Waals surface area contributed by atoms with Crippen LogP contribution in [0.4, 0.5) is 5.69 Å². The van der Waals surface area contributed by atoms with E-state index in [0.29, 0.717) is 6.54 Å². The number of amides is 2. The summed E-state index contributed by atoms with van der Waals surface area (Å²) in [5.74, 6) is -1.44. The SMILES string of the molecule is CN(C)c1ccc(C(CNC(=O)C(=O)NCCO)N(C)C)cc1. The van der Waals surface area contributed by atoms with Crippen molar-refractivity contribution in [1.82, 2.24) is 15.5 Å². The van der Waals surface area contributed by atoms with Gasteiger partial charge in [-0.1, -0.05) is 12.1 Å². The second-order valence-corrected chi connectivity index (χ2v) is 5.65. The number of anilines is 1. The van der Waals surface area contributed by atoms with E-state index in [2.05, 4.69) is 10.6 Å². The Morgan fingerprint density at radius 2 is 1.61 bits per heavy atom. The maximum Gasteiger partial charge on any atom is 0.309 e. The van der Waals surface area contributed by atoms with Crippen molar-refractivity contribution in [3.63, 3.8) is 0 Å². The summed E-state index contributed by atoms with van der Waals surface area (Å²) >= 11 is 0. The van der Waals surface area contributed by atoms with Gasteiger partial charge in [-0.05, 0) is 31.8 Å². The monoisotopic (exact) mass is 322 g/mol. The average Bonchev–Trinajstić information content (AvgIpc) is 2.52. The Hall–Kier alpha value is -2.12. The number of nitrogens with one attached hydrogen (secondary N) is 2. The molecule has 7 heteroatoms. The number of likely N-dealkylation sites (N-methyl/N-ethyl adjacent to an activating group) is 1. The Kier molecular flexibility index (Phi) is 7.50. The van der Waals surface area contributed by atoms with Crippen LogP contribution in [0.3, 0.4) is 0 Å². The van der Waals surface area contributed by atoms with Gasteiger partial charge in [0.2, 0.25) is 0 Å². The number of benzene rings is 1. The summed E-state index contributed by atoms with van der Waals surface area (Å²) in [7, 11) is 7.79. The molecule has 0 saturated carbocycles. The number of nitrogens with zero attached hydrogens (tertiary/aromatic N) is 2. The number of hydrogen-bond donors (Lipinski definition) is 3. The molecule has 0 spiro atoms. The molecule has 0 aliphatic heterocycles. The van der Waals surface area contributed by atoms with Crippen molar-refractivity contribution in [2.75, 3.05) is 52.8 Å². The van der Waals surface area contributed by atoms with Gasteiger partial charge in [0.1, 0.15) is 0 Å². The van der Waals surface area contributed by atoms with Crippen molar-refractivity contribution < 1.29 is 14.7 Å². The second kappa shape index (κ2) is 9.12. The molecule has 128 valence electrons. The molecule has 0 heterocycles. The first-order valence-electron chi connectivity index (χ1n) is 7.47. The Morgan fingerprint density at radius 3 is 2.09 bits per heavy atom.